The molecule has 1 rings (SSSR count). The molecule has 0 aliphatic heterocycles. The molecule has 1 heteroatoms. The fraction of sp³-hybridized carbons (Fsp3) is 0.273. The molecule has 64 valence electrons. The van der Waals surface area contributed by atoms with Gasteiger partial charge in [0.05, 0.1) is 0 Å². The molecule has 0 aliphatic rings. The van der Waals surface area contributed by atoms with E-state index in [4.69, 9.17) is 0 Å². The van der Waals surface area contributed by atoms with Gasteiger partial charge < -0.3 is 5.32 Å². The molecule has 0 aliphatic carbocycles. The van der Waals surface area contributed by atoms with Gasteiger partial charge in [-0.3, -0.25) is 0 Å². The standard InChI is InChI=1S/C11H15N/c1-3-10(4-2)12-11-8-6-5-7-9-11/h3,5-9,12H,4H2,1-2H3/b10-3+. The van der Waals surface area contributed by atoms with Crippen molar-refractivity contribution < 1.29 is 0 Å². The lowest BCUT2D eigenvalue weighted by molar-refractivity contribution is 1.10. The van der Waals surface area contributed by atoms with Crippen molar-refractivity contribution in [3.05, 3.63) is 42.1 Å². The van der Waals surface area contributed by atoms with Crippen molar-refractivity contribution in [3.8, 4) is 0 Å². The summed E-state index contributed by atoms with van der Waals surface area (Å²) >= 11 is 0. The Kier molecular flexibility index (Phi) is 3.39. The van der Waals surface area contributed by atoms with Crippen LogP contribution in [0.4, 0.5) is 5.69 Å². The lowest BCUT2D eigenvalue weighted by Gasteiger charge is -2.07. The highest BCUT2D eigenvalue weighted by Gasteiger charge is 1.91. The van der Waals surface area contributed by atoms with Crippen LogP contribution in [0.2, 0.25) is 0 Å². The molecule has 0 heterocycles. The third-order valence-corrected chi connectivity index (χ3v) is 1.81. The second-order valence-corrected chi connectivity index (χ2v) is 2.66. The third kappa shape index (κ3) is 2.42. The fourth-order valence-electron chi connectivity index (χ4n) is 1.07. The summed E-state index contributed by atoms with van der Waals surface area (Å²) in [7, 11) is 0. The van der Waals surface area contributed by atoms with E-state index in [9.17, 15) is 0 Å². The zero-order valence-electron chi connectivity index (χ0n) is 7.67. The van der Waals surface area contributed by atoms with Crippen molar-refractivity contribution >= 4 is 5.69 Å². The maximum Gasteiger partial charge on any atom is 0.0381 e. The third-order valence-electron chi connectivity index (χ3n) is 1.81. The van der Waals surface area contributed by atoms with E-state index in [2.05, 4.69) is 37.4 Å². The van der Waals surface area contributed by atoms with E-state index in [0.717, 1.165) is 12.1 Å². The number of rotatable bonds is 3. The highest BCUT2D eigenvalue weighted by atomic mass is 14.9. The van der Waals surface area contributed by atoms with Crippen LogP contribution >= 0.6 is 0 Å². The van der Waals surface area contributed by atoms with Gasteiger partial charge in [-0.1, -0.05) is 31.2 Å². The van der Waals surface area contributed by atoms with Gasteiger partial charge in [0, 0.05) is 11.4 Å². The van der Waals surface area contributed by atoms with E-state index < -0.39 is 0 Å². The van der Waals surface area contributed by atoms with E-state index in [0.29, 0.717) is 0 Å². The molecule has 0 saturated heterocycles. The molecule has 0 atom stereocenters. The summed E-state index contributed by atoms with van der Waals surface area (Å²) in [5.41, 5.74) is 2.42. The summed E-state index contributed by atoms with van der Waals surface area (Å²) in [5.74, 6) is 0. The number of hydrogen-bond acceptors (Lipinski definition) is 1. The number of benzene rings is 1. The Morgan fingerprint density at radius 2 is 2.00 bits per heavy atom. The van der Waals surface area contributed by atoms with Crippen molar-refractivity contribution in [1.82, 2.24) is 0 Å². The Morgan fingerprint density at radius 1 is 1.33 bits per heavy atom. The topological polar surface area (TPSA) is 12.0 Å². The molecule has 0 radical (unpaired) electrons. The lowest BCUT2D eigenvalue weighted by Crippen LogP contribution is -1.96. The van der Waals surface area contributed by atoms with Gasteiger partial charge in [0.15, 0.2) is 0 Å². The summed E-state index contributed by atoms with van der Waals surface area (Å²) in [6, 6.07) is 10.2. The van der Waals surface area contributed by atoms with Crippen LogP contribution in [0.3, 0.4) is 0 Å². The average molecular weight is 161 g/mol. The average Bonchev–Trinajstić information content (AvgIpc) is 2.16. The van der Waals surface area contributed by atoms with Crippen LogP contribution in [-0.2, 0) is 0 Å². The predicted molar refractivity (Wildman–Crippen MR) is 54.1 cm³/mol. The summed E-state index contributed by atoms with van der Waals surface area (Å²) in [4.78, 5) is 0. The maximum absolute atomic E-state index is 3.34. The number of hydrogen-bond donors (Lipinski definition) is 1. The Hall–Kier alpha value is -1.24. The molecule has 0 spiro atoms. The Bertz CT molecular complexity index is 249. The summed E-state index contributed by atoms with van der Waals surface area (Å²) in [6.07, 6.45) is 3.15. The largest absolute Gasteiger partial charge is 0.359 e. The van der Waals surface area contributed by atoms with Gasteiger partial charge in [0.1, 0.15) is 0 Å². The Morgan fingerprint density at radius 3 is 2.50 bits per heavy atom. The Labute approximate surface area is 74.1 Å². The molecule has 12 heavy (non-hydrogen) atoms. The molecule has 1 nitrogen and oxygen atoms in total. The van der Waals surface area contributed by atoms with Gasteiger partial charge in [-0.15, -0.1) is 0 Å². The van der Waals surface area contributed by atoms with Gasteiger partial charge in [0.2, 0.25) is 0 Å². The molecule has 1 aromatic carbocycles. The van der Waals surface area contributed by atoms with Gasteiger partial charge in [0.25, 0.3) is 0 Å². The minimum atomic E-state index is 1.05. The quantitative estimate of drug-likeness (QED) is 0.716. The van der Waals surface area contributed by atoms with Crippen LogP contribution in [-0.4, -0.2) is 0 Å². The molecule has 0 amide bonds. The Balaban J connectivity index is 2.64. The van der Waals surface area contributed by atoms with Crippen LogP contribution < -0.4 is 5.32 Å². The van der Waals surface area contributed by atoms with E-state index in [1.54, 1.807) is 0 Å². The predicted octanol–water partition coefficient (Wildman–Crippen LogP) is 3.41. The molecular weight excluding hydrogens is 146 g/mol. The van der Waals surface area contributed by atoms with Crippen molar-refractivity contribution in [2.24, 2.45) is 0 Å². The summed E-state index contributed by atoms with van der Waals surface area (Å²) in [5, 5.41) is 3.34. The second kappa shape index (κ2) is 4.60. The lowest BCUT2D eigenvalue weighted by atomic mass is 10.2. The van der Waals surface area contributed by atoms with E-state index in [1.807, 2.05) is 18.2 Å². The van der Waals surface area contributed by atoms with E-state index >= 15 is 0 Å². The number of anilines is 1. The van der Waals surface area contributed by atoms with Crippen LogP contribution in [0.25, 0.3) is 0 Å². The highest BCUT2D eigenvalue weighted by molar-refractivity contribution is 5.47. The maximum atomic E-state index is 3.34. The number of nitrogens with one attached hydrogen (secondary N) is 1. The first kappa shape index (κ1) is 8.85. The van der Waals surface area contributed by atoms with Crippen molar-refractivity contribution in [3.63, 3.8) is 0 Å². The smallest absolute Gasteiger partial charge is 0.0381 e. The zero-order chi connectivity index (χ0) is 8.81. The van der Waals surface area contributed by atoms with Crippen LogP contribution in [0.15, 0.2) is 42.1 Å². The normalized spacial score (nSPS) is 11.3. The summed E-state index contributed by atoms with van der Waals surface area (Å²) < 4.78 is 0. The van der Waals surface area contributed by atoms with Gasteiger partial charge in [-0.2, -0.15) is 0 Å². The molecule has 0 saturated carbocycles. The molecule has 0 fully saturated rings. The number of allylic oxidation sites excluding steroid dienone is 2. The van der Waals surface area contributed by atoms with Gasteiger partial charge >= 0.3 is 0 Å². The highest BCUT2D eigenvalue weighted by Crippen LogP contribution is 2.10. The summed E-state index contributed by atoms with van der Waals surface area (Å²) in [6.45, 7) is 4.19. The van der Waals surface area contributed by atoms with Crippen LogP contribution in [0.5, 0.6) is 0 Å². The van der Waals surface area contributed by atoms with Crippen molar-refractivity contribution in [1.29, 1.82) is 0 Å². The SMILES string of the molecule is C/C=C(\CC)Nc1ccccc1. The van der Waals surface area contributed by atoms with Gasteiger partial charge in [-0.25, -0.2) is 0 Å². The fourth-order valence-corrected chi connectivity index (χ4v) is 1.07. The number of para-hydroxylation sites is 1. The van der Waals surface area contributed by atoms with Gasteiger partial charge in [-0.05, 0) is 25.5 Å². The second-order valence-electron chi connectivity index (χ2n) is 2.66. The molecular formula is C11H15N. The first-order valence-electron chi connectivity index (χ1n) is 4.34. The molecule has 0 aromatic heterocycles. The van der Waals surface area contributed by atoms with Crippen molar-refractivity contribution in [2.45, 2.75) is 20.3 Å². The zero-order valence-corrected chi connectivity index (χ0v) is 7.67. The first-order chi connectivity index (χ1) is 5.86. The van der Waals surface area contributed by atoms with Crippen LogP contribution in [0.1, 0.15) is 20.3 Å². The monoisotopic (exact) mass is 161 g/mol. The van der Waals surface area contributed by atoms with Crippen LogP contribution in [0, 0.1) is 0 Å². The minimum absolute atomic E-state index is 1.05. The minimum Gasteiger partial charge on any atom is -0.359 e. The van der Waals surface area contributed by atoms with E-state index in [1.165, 1.54) is 5.70 Å². The van der Waals surface area contributed by atoms with Crippen molar-refractivity contribution in [2.75, 3.05) is 5.32 Å². The first-order valence-corrected chi connectivity index (χ1v) is 4.34. The molecule has 0 unspecified atom stereocenters. The van der Waals surface area contributed by atoms with E-state index in [-0.39, 0.29) is 0 Å². The molecule has 0 bridgehead atoms. The molecule has 1 aromatic rings. The molecule has 1 N–H and O–H groups in total.